The largest absolute Gasteiger partial charge is 0.450 e. The second kappa shape index (κ2) is 7.11. The molecule has 0 radical (unpaired) electrons. The van der Waals surface area contributed by atoms with Crippen LogP contribution in [0.3, 0.4) is 0 Å². The van der Waals surface area contributed by atoms with E-state index in [1.165, 1.54) is 16.7 Å². The molecule has 1 aromatic carbocycles. The number of ether oxygens (including phenoxy) is 1. The van der Waals surface area contributed by atoms with Gasteiger partial charge in [-0.2, -0.15) is 0 Å². The number of aliphatic imine (C=N–C) groups is 1. The zero-order chi connectivity index (χ0) is 15.2. The van der Waals surface area contributed by atoms with Gasteiger partial charge in [0.25, 0.3) is 0 Å². The van der Waals surface area contributed by atoms with Gasteiger partial charge in [0.05, 0.1) is 12.6 Å². The number of carbonyl (C=O) groups excluding carboxylic acids is 1. The topological polar surface area (TPSA) is 62.7 Å². The van der Waals surface area contributed by atoms with Crippen LogP contribution in [0, 0.1) is 0 Å². The zero-order valence-electron chi connectivity index (χ0n) is 12.9. The minimum absolute atomic E-state index is 0.0491. The fourth-order valence-corrected chi connectivity index (χ4v) is 2.66. The van der Waals surface area contributed by atoms with E-state index in [1.54, 1.807) is 6.92 Å². The number of alkyl carbamates (subject to hydrolysis) is 1. The molecule has 114 valence electrons. The first-order valence-corrected chi connectivity index (χ1v) is 7.55. The summed E-state index contributed by atoms with van der Waals surface area (Å²) < 4.78 is 4.86. The molecule has 1 amide bonds. The number of hydrogen-bond donors (Lipinski definition) is 2. The Morgan fingerprint density at radius 1 is 1.33 bits per heavy atom. The van der Waals surface area contributed by atoms with Gasteiger partial charge in [-0.3, -0.25) is 5.32 Å². The Morgan fingerprint density at radius 3 is 2.57 bits per heavy atom. The molecule has 5 heteroatoms. The van der Waals surface area contributed by atoms with Crippen LogP contribution in [-0.4, -0.2) is 25.2 Å². The van der Waals surface area contributed by atoms with Crippen LogP contribution in [0.25, 0.3) is 0 Å². The van der Waals surface area contributed by atoms with Gasteiger partial charge < -0.3 is 10.1 Å². The number of nitrogens with zero attached hydrogens (tertiary/aromatic N) is 1. The summed E-state index contributed by atoms with van der Waals surface area (Å²) in [6, 6.07) is 6.46. The molecule has 1 atom stereocenters. The summed E-state index contributed by atoms with van der Waals surface area (Å²) in [6.07, 6.45) is 1.50. The third-order valence-corrected chi connectivity index (χ3v) is 3.63. The normalized spacial score (nSPS) is 17.1. The highest BCUT2D eigenvalue weighted by Gasteiger charge is 2.23. The standard InChI is InChI=1S/C16H23N3O2/c1-4-11-8-7-9-12(5-2)14(11)13-10-17-15(18-13)19-16(20)21-6-3/h7-9,13H,4-6,10H2,1-3H3,(H2,17,18,19,20). The summed E-state index contributed by atoms with van der Waals surface area (Å²) in [5, 5.41) is 5.77. The van der Waals surface area contributed by atoms with Crippen LogP contribution >= 0.6 is 0 Å². The van der Waals surface area contributed by atoms with E-state index in [4.69, 9.17) is 4.74 Å². The smallest absolute Gasteiger partial charge is 0.413 e. The van der Waals surface area contributed by atoms with Crippen molar-refractivity contribution < 1.29 is 9.53 Å². The predicted molar refractivity (Wildman–Crippen MR) is 83.5 cm³/mol. The Bertz CT molecular complexity index is 518. The van der Waals surface area contributed by atoms with Crippen molar-refractivity contribution in [1.82, 2.24) is 10.6 Å². The van der Waals surface area contributed by atoms with Crippen molar-refractivity contribution in [2.75, 3.05) is 13.2 Å². The van der Waals surface area contributed by atoms with Gasteiger partial charge in [0, 0.05) is 6.54 Å². The lowest BCUT2D eigenvalue weighted by atomic mass is 9.92. The van der Waals surface area contributed by atoms with Crippen LogP contribution < -0.4 is 10.6 Å². The van der Waals surface area contributed by atoms with Crippen molar-refractivity contribution in [2.24, 2.45) is 4.99 Å². The molecule has 0 aromatic heterocycles. The summed E-state index contributed by atoms with van der Waals surface area (Å²) in [5.74, 6) is 0.492. The lowest BCUT2D eigenvalue weighted by Crippen LogP contribution is -2.38. The second-order valence-electron chi connectivity index (χ2n) is 4.92. The van der Waals surface area contributed by atoms with Gasteiger partial charge in [0.15, 0.2) is 0 Å². The Morgan fingerprint density at radius 2 is 2.00 bits per heavy atom. The van der Waals surface area contributed by atoms with Crippen LogP contribution in [0.4, 0.5) is 4.79 Å². The van der Waals surface area contributed by atoms with Gasteiger partial charge in [0.1, 0.15) is 0 Å². The average molecular weight is 289 g/mol. The Hall–Kier alpha value is -2.04. The third-order valence-electron chi connectivity index (χ3n) is 3.63. The van der Waals surface area contributed by atoms with E-state index in [9.17, 15) is 4.79 Å². The summed E-state index contributed by atoms with van der Waals surface area (Å²) >= 11 is 0. The SMILES string of the molecule is CCOC(=O)NC1=NC(c2c(CC)cccc2CC)CN1. The Kier molecular flexibility index (Phi) is 5.20. The maximum atomic E-state index is 11.4. The first-order valence-electron chi connectivity index (χ1n) is 7.55. The molecule has 0 saturated heterocycles. The van der Waals surface area contributed by atoms with Crippen LogP contribution in [0.15, 0.2) is 23.2 Å². The summed E-state index contributed by atoms with van der Waals surface area (Å²) in [4.78, 5) is 16.0. The third kappa shape index (κ3) is 3.54. The molecule has 1 aliphatic heterocycles. The van der Waals surface area contributed by atoms with Crippen molar-refractivity contribution in [3.8, 4) is 0 Å². The molecule has 2 N–H and O–H groups in total. The molecule has 0 saturated carbocycles. The number of benzene rings is 1. The van der Waals surface area contributed by atoms with Gasteiger partial charge in [-0.1, -0.05) is 32.0 Å². The van der Waals surface area contributed by atoms with Gasteiger partial charge in [-0.05, 0) is 36.5 Å². The number of carbonyl (C=O) groups is 1. The molecule has 1 unspecified atom stereocenters. The molecule has 1 aromatic rings. The van der Waals surface area contributed by atoms with Crippen LogP contribution in [-0.2, 0) is 17.6 Å². The van der Waals surface area contributed by atoms with Crippen molar-refractivity contribution >= 4 is 12.1 Å². The fraction of sp³-hybridized carbons (Fsp3) is 0.500. The van der Waals surface area contributed by atoms with Crippen LogP contribution in [0.2, 0.25) is 0 Å². The van der Waals surface area contributed by atoms with Crippen molar-refractivity contribution in [2.45, 2.75) is 39.7 Å². The molecule has 1 heterocycles. The molecule has 0 fully saturated rings. The quantitative estimate of drug-likeness (QED) is 0.895. The molecule has 0 spiro atoms. The molecule has 2 rings (SSSR count). The van der Waals surface area contributed by atoms with E-state index in [0.29, 0.717) is 19.1 Å². The molecule has 21 heavy (non-hydrogen) atoms. The number of rotatable bonds is 4. The van der Waals surface area contributed by atoms with Crippen LogP contribution in [0.5, 0.6) is 0 Å². The highest BCUT2D eigenvalue weighted by Crippen LogP contribution is 2.28. The minimum atomic E-state index is -0.469. The van der Waals surface area contributed by atoms with E-state index in [-0.39, 0.29) is 6.04 Å². The number of amides is 1. The zero-order valence-corrected chi connectivity index (χ0v) is 12.9. The van der Waals surface area contributed by atoms with E-state index in [2.05, 4.69) is 47.7 Å². The van der Waals surface area contributed by atoms with Gasteiger partial charge in [0.2, 0.25) is 5.96 Å². The lowest BCUT2D eigenvalue weighted by Gasteiger charge is -2.16. The predicted octanol–water partition coefficient (Wildman–Crippen LogP) is 2.56. The molecular formula is C16H23N3O2. The maximum Gasteiger partial charge on any atom is 0.413 e. The second-order valence-corrected chi connectivity index (χ2v) is 4.92. The Labute approximate surface area is 125 Å². The monoisotopic (exact) mass is 289 g/mol. The van der Waals surface area contributed by atoms with Crippen molar-refractivity contribution in [3.63, 3.8) is 0 Å². The van der Waals surface area contributed by atoms with Gasteiger partial charge >= 0.3 is 6.09 Å². The number of nitrogens with one attached hydrogen (secondary N) is 2. The van der Waals surface area contributed by atoms with E-state index >= 15 is 0 Å². The highest BCUT2D eigenvalue weighted by atomic mass is 16.5. The average Bonchev–Trinajstić information content (AvgIpc) is 2.94. The first kappa shape index (κ1) is 15.4. The molecule has 0 bridgehead atoms. The van der Waals surface area contributed by atoms with Gasteiger partial charge in [-0.15, -0.1) is 0 Å². The number of aryl methyl sites for hydroxylation is 2. The van der Waals surface area contributed by atoms with Crippen molar-refractivity contribution in [3.05, 3.63) is 34.9 Å². The highest BCUT2D eigenvalue weighted by molar-refractivity contribution is 5.95. The molecular weight excluding hydrogens is 266 g/mol. The van der Waals surface area contributed by atoms with Gasteiger partial charge in [-0.25, -0.2) is 9.79 Å². The van der Waals surface area contributed by atoms with E-state index < -0.39 is 6.09 Å². The summed E-state index contributed by atoms with van der Waals surface area (Å²) in [7, 11) is 0. The Balaban J connectivity index is 2.20. The summed E-state index contributed by atoms with van der Waals surface area (Å²) in [6.45, 7) is 7.13. The number of guanidine groups is 1. The fourth-order valence-electron chi connectivity index (χ4n) is 2.66. The van der Waals surface area contributed by atoms with E-state index in [0.717, 1.165) is 12.8 Å². The molecule has 5 nitrogen and oxygen atoms in total. The maximum absolute atomic E-state index is 11.4. The lowest BCUT2D eigenvalue weighted by molar-refractivity contribution is 0.157. The minimum Gasteiger partial charge on any atom is -0.450 e. The molecule has 1 aliphatic rings. The van der Waals surface area contributed by atoms with Crippen molar-refractivity contribution in [1.29, 1.82) is 0 Å². The molecule has 0 aliphatic carbocycles. The summed E-state index contributed by atoms with van der Waals surface area (Å²) in [5.41, 5.74) is 3.93. The first-order chi connectivity index (χ1) is 10.2. The number of hydrogen-bond acceptors (Lipinski definition) is 4. The van der Waals surface area contributed by atoms with E-state index in [1.807, 2.05) is 0 Å². The van der Waals surface area contributed by atoms with Crippen LogP contribution in [0.1, 0.15) is 43.5 Å².